The van der Waals surface area contributed by atoms with Crippen molar-refractivity contribution in [1.29, 1.82) is 0 Å². The Morgan fingerprint density at radius 2 is 1.66 bits per heavy atom. The Labute approximate surface area is 173 Å². The fourth-order valence-electron chi connectivity index (χ4n) is 3.56. The first kappa shape index (κ1) is 22.7. The zero-order valence-corrected chi connectivity index (χ0v) is 18.8. The molecule has 2 aromatic carbocycles. The van der Waals surface area contributed by atoms with Gasteiger partial charge in [0.1, 0.15) is 12.3 Å². The van der Waals surface area contributed by atoms with Gasteiger partial charge in [0.25, 0.3) is 0 Å². The molecule has 0 spiro atoms. The minimum Gasteiger partial charge on any atom is -0.497 e. The normalized spacial score (nSPS) is 12.3. The largest absolute Gasteiger partial charge is 0.497 e. The number of methoxy groups -OCH3 is 1. The predicted octanol–water partition coefficient (Wildman–Crippen LogP) is 3.65. The lowest BCUT2D eigenvalue weighted by Crippen LogP contribution is -2.42. The van der Waals surface area contributed by atoms with E-state index < -0.39 is 10.0 Å². The van der Waals surface area contributed by atoms with Crippen LogP contribution in [0.3, 0.4) is 0 Å². The van der Waals surface area contributed by atoms with Gasteiger partial charge in [0, 0.05) is 0 Å². The lowest BCUT2D eigenvalue weighted by Gasteiger charge is -2.27. The summed E-state index contributed by atoms with van der Waals surface area (Å²) in [6, 6.07) is 11.1. The molecular formula is C22H30N2O4S. The molecule has 1 unspecified atom stereocenters. The van der Waals surface area contributed by atoms with Gasteiger partial charge in [-0.1, -0.05) is 36.8 Å². The Morgan fingerprint density at radius 1 is 1.10 bits per heavy atom. The quantitative estimate of drug-likeness (QED) is 0.710. The summed E-state index contributed by atoms with van der Waals surface area (Å²) in [6.45, 7) is 7.38. The number of hydrogen-bond donors (Lipinski definition) is 1. The van der Waals surface area contributed by atoms with Crippen LogP contribution in [-0.2, 0) is 14.8 Å². The molecular weight excluding hydrogens is 388 g/mol. The standard InChI is InChI=1S/C22H30N2O4S/c1-7-20(18-8-10-19(28-5)11-9-18)23-21(25)14-24(29(6,26)27)22-16(3)12-15(2)13-17(22)4/h8-13,20H,7,14H2,1-6H3,(H,23,25). The highest BCUT2D eigenvalue weighted by molar-refractivity contribution is 7.92. The number of ether oxygens (including phenoxy) is 1. The first-order chi connectivity index (χ1) is 13.6. The fraction of sp³-hybridized carbons (Fsp3) is 0.409. The highest BCUT2D eigenvalue weighted by atomic mass is 32.2. The number of anilines is 1. The van der Waals surface area contributed by atoms with Crippen molar-refractivity contribution < 1.29 is 17.9 Å². The van der Waals surface area contributed by atoms with Gasteiger partial charge < -0.3 is 10.1 Å². The first-order valence-electron chi connectivity index (χ1n) is 9.55. The van der Waals surface area contributed by atoms with Gasteiger partial charge in [-0.15, -0.1) is 0 Å². The van der Waals surface area contributed by atoms with Crippen LogP contribution in [-0.4, -0.2) is 34.2 Å². The second kappa shape index (κ2) is 9.31. The van der Waals surface area contributed by atoms with Crippen LogP contribution in [0, 0.1) is 20.8 Å². The summed E-state index contributed by atoms with van der Waals surface area (Å²) >= 11 is 0. The molecule has 1 atom stereocenters. The Morgan fingerprint density at radius 3 is 2.10 bits per heavy atom. The number of nitrogens with one attached hydrogen (secondary N) is 1. The summed E-state index contributed by atoms with van der Waals surface area (Å²) in [5.74, 6) is 0.390. The van der Waals surface area contributed by atoms with Gasteiger partial charge in [-0.3, -0.25) is 9.10 Å². The van der Waals surface area contributed by atoms with Crippen LogP contribution in [0.25, 0.3) is 0 Å². The zero-order valence-electron chi connectivity index (χ0n) is 17.9. The van der Waals surface area contributed by atoms with E-state index in [4.69, 9.17) is 4.74 Å². The molecule has 2 rings (SSSR count). The lowest BCUT2D eigenvalue weighted by molar-refractivity contribution is -0.120. The van der Waals surface area contributed by atoms with Gasteiger partial charge in [-0.2, -0.15) is 0 Å². The SMILES string of the molecule is CCC(NC(=O)CN(c1c(C)cc(C)cc1C)S(C)(=O)=O)c1ccc(OC)cc1. The number of sulfonamides is 1. The number of carbonyl (C=O) groups excluding carboxylic acids is 1. The van der Waals surface area contributed by atoms with Crippen LogP contribution >= 0.6 is 0 Å². The molecule has 1 N–H and O–H groups in total. The van der Waals surface area contributed by atoms with Gasteiger partial charge in [0.2, 0.25) is 15.9 Å². The highest BCUT2D eigenvalue weighted by Crippen LogP contribution is 2.28. The van der Waals surface area contributed by atoms with E-state index in [-0.39, 0.29) is 18.5 Å². The third kappa shape index (κ3) is 5.73. The lowest BCUT2D eigenvalue weighted by atomic mass is 10.0. The summed E-state index contributed by atoms with van der Waals surface area (Å²) in [4.78, 5) is 12.8. The van der Waals surface area contributed by atoms with E-state index in [1.54, 1.807) is 7.11 Å². The maximum atomic E-state index is 12.8. The molecule has 1 amide bonds. The van der Waals surface area contributed by atoms with Crippen molar-refractivity contribution in [1.82, 2.24) is 5.32 Å². The molecule has 0 bridgehead atoms. The monoisotopic (exact) mass is 418 g/mol. The molecule has 0 aliphatic carbocycles. The molecule has 0 aliphatic heterocycles. The molecule has 0 saturated carbocycles. The molecule has 0 aliphatic rings. The van der Waals surface area contributed by atoms with E-state index in [1.165, 1.54) is 4.31 Å². The van der Waals surface area contributed by atoms with Crippen molar-refractivity contribution in [3.63, 3.8) is 0 Å². The molecule has 0 radical (unpaired) electrons. The Bertz CT molecular complexity index is 946. The van der Waals surface area contributed by atoms with Gasteiger partial charge in [-0.05, 0) is 56.0 Å². The van der Waals surface area contributed by atoms with Crippen LogP contribution in [0.1, 0.15) is 41.6 Å². The molecule has 0 aromatic heterocycles. The van der Waals surface area contributed by atoms with Crippen molar-refractivity contribution >= 4 is 21.6 Å². The summed E-state index contributed by atoms with van der Waals surface area (Å²) in [7, 11) is -2.03. The van der Waals surface area contributed by atoms with Crippen molar-refractivity contribution in [2.24, 2.45) is 0 Å². The predicted molar refractivity (Wildman–Crippen MR) is 117 cm³/mol. The second-order valence-corrected chi connectivity index (χ2v) is 9.23. The molecule has 6 nitrogen and oxygen atoms in total. The Hall–Kier alpha value is -2.54. The van der Waals surface area contributed by atoms with E-state index in [2.05, 4.69) is 5.32 Å². The first-order valence-corrected chi connectivity index (χ1v) is 11.4. The number of benzene rings is 2. The molecule has 0 saturated heterocycles. The highest BCUT2D eigenvalue weighted by Gasteiger charge is 2.25. The van der Waals surface area contributed by atoms with Crippen LogP contribution < -0.4 is 14.4 Å². The van der Waals surface area contributed by atoms with Crippen LogP contribution in [0.2, 0.25) is 0 Å². The third-order valence-corrected chi connectivity index (χ3v) is 5.95. The topological polar surface area (TPSA) is 75.7 Å². The summed E-state index contributed by atoms with van der Waals surface area (Å²) in [5.41, 5.74) is 4.19. The van der Waals surface area contributed by atoms with Crippen LogP contribution in [0.4, 0.5) is 5.69 Å². The second-order valence-electron chi connectivity index (χ2n) is 7.32. The molecule has 0 heterocycles. The Kier molecular flexibility index (Phi) is 7.30. The zero-order chi connectivity index (χ0) is 21.8. The summed E-state index contributed by atoms with van der Waals surface area (Å²) in [6.07, 6.45) is 1.80. The van der Waals surface area contributed by atoms with Crippen molar-refractivity contribution in [2.45, 2.75) is 40.2 Å². The van der Waals surface area contributed by atoms with Crippen molar-refractivity contribution in [2.75, 3.05) is 24.2 Å². The summed E-state index contributed by atoms with van der Waals surface area (Å²) < 4.78 is 31.3. The minimum absolute atomic E-state index is 0.213. The molecule has 158 valence electrons. The van der Waals surface area contributed by atoms with E-state index in [1.807, 2.05) is 64.1 Å². The van der Waals surface area contributed by atoms with E-state index in [0.29, 0.717) is 12.1 Å². The maximum absolute atomic E-state index is 12.8. The molecule has 0 fully saturated rings. The van der Waals surface area contributed by atoms with E-state index in [9.17, 15) is 13.2 Å². The molecule has 29 heavy (non-hydrogen) atoms. The average Bonchev–Trinajstić information content (AvgIpc) is 2.64. The number of rotatable bonds is 8. The van der Waals surface area contributed by atoms with Crippen LogP contribution in [0.15, 0.2) is 36.4 Å². The van der Waals surface area contributed by atoms with Gasteiger partial charge in [-0.25, -0.2) is 8.42 Å². The van der Waals surface area contributed by atoms with Crippen molar-refractivity contribution in [3.8, 4) is 5.75 Å². The van der Waals surface area contributed by atoms with Crippen molar-refractivity contribution in [3.05, 3.63) is 58.7 Å². The third-order valence-electron chi connectivity index (χ3n) is 4.83. The minimum atomic E-state index is -3.63. The van der Waals surface area contributed by atoms with Crippen LogP contribution in [0.5, 0.6) is 5.75 Å². The number of amides is 1. The fourth-order valence-corrected chi connectivity index (χ4v) is 4.53. The summed E-state index contributed by atoms with van der Waals surface area (Å²) in [5, 5.41) is 2.96. The van der Waals surface area contributed by atoms with E-state index in [0.717, 1.165) is 34.3 Å². The van der Waals surface area contributed by atoms with E-state index >= 15 is 0 Å². The number of carbonyl (C=O) groups is 1. The molecule has 7 heteroatoms. The maximum Gasteiger partial charge on any atom is 0.241 e. The average molecular weight is 419 g/mol. The van der Waals surface area contributed by atoms with Gasteiger partial charge in [0.05, 0.1) is 25.1 Å². The molecule has 2 aromatic rings. The number of aryl methyl sites for hydroxylation is 3. The smallest absolute Gasteiger partial charge is 0.241 e. The van der Waals surface area contributed by atoms with Gasteiger partial charge >= 0.3 is 0 Å². The van der Waals surface area contributed by atoms with Gasteiger partial charge in [0.15, 0.2) is 0 Å². The Balaban J connectivity index is 2.26. The number of hydrogen-bond acceptors (Lipinski definition) is 4. The number of nitrogens with zero attached hydrogens (tertiary/aromatic N) is 1.